The van der Waals surface area contributed by atoms with Gasteiger partial charge in [-0.2, -0.15) is 0 Å². The number of nitrogens with zero attached hydrogens (tertiary/aromatic N) is 1. The van der Waals surface area contributed by atoms with Gasteiger partial charge >= 0.3 is 5.97 Å². The largest absolute Gasteiger partial charge is 0.466 e. The van der Waals surface area contributed by atoms with Gasteiger partial charge in [-0.15, -0.1) is 6.42 Å². The van der Waals surface area contributed by atoms with Gasteiger partial charge in [0.2, 0.25) is 0 Å². The van der Waals surface area contributed by atoms with E-state index in [1.54, 1.807) is 26.0 Å². The molecule has 1 aromatic heterocycles. The summed E-state index contributed by atoms with van der Waals surface area (Å²) in [5.41, 5.74) is 4.99. The molecule has 2 atom stereocenters. The minimum absolute atomic E-state index is 0.0218. The predicted octanol–water partition coefficient (Wildman–Crippen LogP) is 8.85. The molecule has 0 radical (unpaired) electrons. The Morgan fingerprint density at radius 1 is 1.12 bits per heavy atom. The summed E-state index contributed by atoms with van der Waals surface area (Å²) in [6.45, 7) is 21.4. The third-order valence-electron chi connectivity index (χ3n) is 7.02. The van der Waals surface area contributed by atoms with E-state index in [2.05, 4.69) is 24.4 Å². The van der Waals surface area contributed by atoms with Crippen molar-refractivity contribution >= 4 is 28.7 Å². The lowest BCUT2D eigenvalue weighted by Gasteiger charge is -2.18. The zero-order chi connectivity index (χ0) is 36.6. The summed E-state index contributed by atoms with van der Waals surface area (Å²) in [6, 6.07) is 9.25. The molecule has 0 bridgehead atoms. The molecule has 0 aliphatic heterocycles. The summed E-state index contributed by atoms with van der Waals surface area (Å²) >= 11 is 0. The van der Waals surface area contributed by atoms with Gasteiger partial charge in [0.1, 0.15) is 0 Å². The molecule has 48 heavy (non-hydrogen) atoms. The smallest absolute Gasteiger partial charge is 0.308 e. The number of nitrogens with one attached hydrogen (secondary N) is 1. The first kappa shape index (κ1) is 43.5. The number of halogens is 1. The molecule has 0 spiro atoms. The Kier molecular flexibility index (Phi) is 22.4. The topological polar surface area (TPSA) is 101 Å². The second kappa shape index (κ2) is 24.7. The van der Waals surface area contributed by atoms with Crippen molar-refractivity contribution < 1.29 is 28.9 Å². The third-order valence-corrected chi connectivity index (χ3v) is 7.02. The lowest BCUT2D eigenvalue weighted by Crippen LogP contribution is -2.23. The Hall–Kier alpha value is -4.45. The van der Waals surface area contributed by atoms with E-state index < -0.39 is 18.2 Å². The Morgan fingerprint density at radius 3 is 2.27 bits per heavy atom. The van der Waals surface area contributed by atoms with Crippen LogP contribution < -0.4 is 5.32 Å². The zero-order valence-electron chi connectivity index (χ0n) is 29.8. The van der Waals surface area contributed by atoms with E-state index in [1.165, 1.54) is 13.0 Å². The highest BCUT2D eigenvalue weighted by Gasteiger charge is 2.28. The molecule has 0 aliphatic carbocycles. The second-order valence-electron chi connectivity index (χ2n) is 10.5. The van der Waals surface area contributed by atoms with E-state index in [4.69, 9.17) is 11.2 Å². The van der Waals surface area contributed by atoms with E-state index in [0.29, 0.717) is 36.2 Å². The number of allylic oxidation sites excluding steroid dienone is 8. The van der Waals surface area contributed by atoms with Crippen LogP contribution in [0, 0.1) is 12.3 Å². The Morgan fingerprint density at radius 2 is 1.75 bits per heavy atom. The first-order chi connectivity index (χ1) is 22.9. The van der Waals surface area contributed by atoms with E-state index in [-0.39, 0.29) is 37.6 Å². The monoisotopic (exact) mass is 662 g/mol. The fraction of sp³-hybridized carbons (Fsp3) is 0.400. The number of hydrogen-bond donors (Lipinski definition) is 3. The molecule has 8 heteroatoms. The highest BCUT2D eigenvalue weighted by Crippen LogP contribution is 2.36. The number of hydrogen-bond acceptors (Lipinski definition) is 5. The van der Waals surface area contributed by atoms with Crippen molar-refractivity contribution in [2.75, 3.05) is 11.9 Å². The standard InChI is InChI=1S/C34H42N2O5.C4H7F.C2H6/c1-7-11-12-14-17-25(6)31-32(34(40)35-26-18-15-13-16-19-26)29(9-3)36(33(31)24(5)8-2)21-20-27(37)22-28(38)23-30(39)41-10-4;1-3-4(2)5;1-2/h1,8,11-13,15-19,27-28,37-38H,2,5,9-10,14,20-23H2,3-4,6H3,(H,35,40);3H,1-2H3;1-2H3/b12-11-,25-17+;4-3+;. The van der Waals surface area contributed by atoms with Crippen molar-refractivity contribution in [1.82, 2.24) is 4.57 Å². The van der Waals surface area contributed by atoms with Gasteiger partial charge in [-0.3, -0.25) is 9.59 Å². The molecule has 7 nitrogen and oxygen atoms in total. The third kappa shape index (κ3) is 15.0. The van der Waals surface area contributed by atoms with Crippen LogP contribution in [0.5, 0.6) is 0 Å². The number of esters is 1. The van der Waals surface area contributed by atoms with Crippen LogP contribution in [-0.4, -0.2) is 45.5 Å². The zero-order valence-corrected chi connectivity index (χ0v) is 29.8. The molecule has 1 aromatic carbocycles. The number of amides is 1. The van der Waals surface area contributed by atoms with Crippen LogP contribution in [0.3, 0.4) is 0 Å². The van der Waals surface area contributed by atoms with Gasteiger partial charge < -0.3 is 24.8 Å². The average Bonchev–Trinajstić information content (AvgIpc) is 3.41. The Bertz CT molecular complexity index is 1440. The molecule has 2 rings (SSSR count). The lowest BCUT2D eigenvalue weighted by atomic mass is 9.96. The van der Waals surface area contributed by atoms with Gasteiger partial charge in [0.15, 0.2) is 0 Å². The summed E-state index contributed by atoms with van der Waals surface area (Å²) in [6.07, 6.45) is 13.3. The highest BCUT2D eigenvalue weighted by atomic mass is 19.1. The molecule has 2 unspecified atom stereocenters. The first-order valence-electron chi connectivity index (χ1n) is 16.5. The van der Waals surface area contributed by atoms with E-state index in [1.807, 2.05) is 74.7 Å². The van der Waals surface area contributed by atoms with Crippen molar-refractivity contribution in [1.29, 1.82) is 0 Å². The normalized spacial score (nSPS) is 12.4. The molecule has 1 heterocycles. The Balaban J connectivity index is 0.00000287. The number of aliphatic hydroxyl groups is 2. The number of benzene rings is 1. The van der Waals surface area contributed by atoms with Gasteiger partial charge in [0.25, 0.3) is 5.91 Å². The number of ether oxygens (including phenoxy) is 1. The van der Waals surface area contributed by atoms with Crippen LogP contribution in [0.1, 0.15) is 101 Å². The minimum atomic E-state index is -1.02. The number of carbonyl (C=O) groups excluding carboxylic acids is 2. The van der Waals surface area contributed by atoms with Gasteiger partial charge in [0.05, 0.1) is 42.3 Å². The molecule has 0 aliphatic rings. The maximum absolute atomic E-state index is 13.8. The van der Waals surface area contributed by atoms with E-state index in [0.717, 1.165) is 22.5 Å². The van der Waals surface area contributed by atoms with E-state index in [9.17, 15) is 24.2 Å². The van der Waals surface area contributed by atoms with Crippen molar-refractivity contribution in [3.63, 3.8) is 0 Å². The molecular formula is C40H55FN2O5. The van der Waals surface area contributed by atoms with Crippen LogP contribution in [0.15, 0.2) is 79.7 Å². The summed E-state index contributed by atoms with van der Waals surface area (Å²) in [4.78, 5) is 25.6. The van der Waals surface area contributed by atoms with Gasteiger partial charge in [0, 0.05) is 23.5 Å². The predicted molar refractivity (Wildman–Crippen MR) is 198 cm³/mol. The molecule has 0 saturated heterocycles. The first-order valence-corrected chi connectivity index (χ1v) is 16.5. The average molecular weight is 663 g/mol. The molecule has 1 amide bonds. The van der Waals surface area contributed by atoms with Crippen molar-refractivity contribution in [3.8, 4) is 12.3 Å². The lowest BCUT2D eigenvalue weighted by molar-refractivity contribution is -0.145. The summed E-state index contributed by atoms with van der Waals surface area (Å²) in [5, 5.41) is 24.0. The van der Waals surface area contributed by atoms with Crippen LogP contribution in [0.4, 0.5) is 10.1 Å². The maximum atomic E-state index is 13.8. The SMILES string of the molecule is C#C/C=C\C/C=C(\C)c1c(C(=O)Nc2ccccc2)c(CC)n(CCC(O)CC(O)CC(=O)OCC)c1C(=C)C=C.C/C=C(\C)F.CC. The van der Waals surface area contributed by atoms with Crippen LogP contribution >= 0.6 is 0 Å². The number of para-hydroxylation sites is 1. The second-order valence-corrected chi connectivity index (χ2v) is 10.5. The van der Waals surface area contributed by atoms with Crippen molar-refractivity contribution in [2.24, 2.45) is 0 Å². The van der Waals surface area contributed by atoms with E-state index >= 15 is 0 Å². The van der Waals surface area contributed by atoms with Crippen molar-refractivity contribution in [3.05, 3.63) is 102 Å². The number of carbonyl (C=O) groups is 2. The summed E-state index contributed by atoms with van der Waals surface area (Å²) in [5.74, 6) is 1.60. The van der Waals surface area contributed by atoms with Gasteiger partial charge in [-0.05, 0) is 82.7 Å². The van der Waals surface area contributed by atoms with Crippen LogP contribution in [0.25, 0.3) is 11.1 Å². The van der Waals surface area contributed by atoms with Crippen LogP contribution in [-0.2, 0) is 22.5 Å². The van der Waals surface area contributed by atoms with Crippen molar-refractivity contribution in [2.45, 2.75) is 99.3 Å². The molecule has 3 N–H and O–H groups in total. The number of aliphatic hydroxyl groups excluding tert-OH is 2. The molecular weight excluding hydrogens is 607 g/mol. The summed E-state index contributed by atoms with van der Waals surface area (Å²) in [7, 11) is 0. The molecule has 262 valence electrons. The fourth-order valence-corrected chi connectivity index (χ4v) is 4.74. The van der Waals surface area contributed by atoms with Gasteiger partial charge in [-0.1, -0.05) is 82.4 Å². The number of terminal acetylenes is 1. The quantitative estimate of drug-likeness (QED) is 0.0947. The van der Waals surface area contributed by atoms with Gasteiger partial charge in [-0.25, -0.2) is 4.39 Å². The fourth-order valence-electron chi connectivity index (χ4n) is 4.74. The minimum Gasteiger partial charge on any atom is -0.466 e. The molecule has 0 saturated carbocycles. The summed E-state index contributed by atoms with van der Waals surface area (Å²) < 4.78 is 18.2. The number of rotatable bonds is 16. The number of anilines is 1. The number of aromatic nitrogens is 1. The molecule has 0 fully saturated rings. The Labute approximate surface area is 287 Å². The maximum Gasteiger partial charge on any atom is 0.308 e. The molecule has 2 aromatic rings. The van der Waals surface area contributed by atoms with Crippen LogP contribution in [0.2, 0.25) is 0 Å². The highest BCUT2D eigenvalue weighted by molar-refractivity contribution is 6.10.